The van der Waals surface area contributed by atoms with E-state index in [-0.39, 0.29) is 4.90 Å². The van der Waals surface area contributed by atoms with Gasteiger partial charge in [0.1, 0.15) is 0 Å². The lowest BCUT2D eigenvalue weighted by molar-refractivity contribution is 0.119. The molecule has 0 unspecified atom stereocenters. The van der Waals surface area contributed by atoms with E-state index in [0.717, 1.165) is 0 Å². The number of rotatable bonds is 2. The van der Waals surface area contributed by atoms with Crippen LogP contribution in [0.25, 0.3) is 0 Å². The summed E-state index contributed by atoms with van der Waals surface area (Å²) >= 11 is 0. The normalized spacial score (nSPS) is 10.9. The Morgan fingerprint density at radius 2 is 1.86 bits per heavy atom. The van der Waals surface area contributed by atoms with Gasteiger partial charge in [0.25, 0.3) is 9.84 Å². The van der Waals surface area contributed by atoms with Gasteiger partial charge in [-0.2, -0.15) is 0 Å². The molecule has 0 saturated carbocycles. The van der Waals surface area contributed by atoms with Gasteiger partial charge in [-0.05, 0) is 12.1 Å². The second-order valence-electron chi connectivity index (χ2n) is 2.41. The molecule has 1 rings (SSSR count). The predicted molar refractivity (Wildman–Crippen MR) is 49.2 cm³/mol. The fourth-order valence-electron chi connectivity index (χ4n) is 0.845. The van der Waals surface area contributed by atoms with Crippen LogP contribution in [0.3, 0.4) is 0 Å². The number of hydrogen-bond donors (Lipinski definition) is 1. The molecule has 1 amide bonds. The summed E-state index contributed by atoms with van der Waals surface area (Å²) in [5.74, 6) is 0. The van der Waals surface area contributed by atoms with E-state index in [0.29, 0.717) is 0 Å². The molecule has 0 aliphatic rings. The fraction of sp³-hybridized carbons (Fsp3) is 0.125. The first-order valence-corrected chi connectivity index (χ1v) is 5.20. The Morgan fingerprint density at radius 1 is 1.29 bits per heavy atom. The molecule has 0 bridgehead atoms. The van der Waals surface area contributed by atoms with Gasteiger partial charge in [0, 0.05) is 0 Å². The highest BCUT2D eigenvalue weighted by Gasteiger charge is 2.24. The third kappa shape index (κ3) is 2.09. The van der Waals surface area contributed by atoms with Crippen molar-refractivity contribution in [2.45, 2.75) is 4.90 Å². The van der Waals surface area contributed by atoms with Crippen molar-refractivity contribution in [2.75, 3.05) is 7.11 Å². The summed E-state index contributed by atoms with van der Waals surface area (Å²) in [6.07, 6.45) is 0. The number of hydrogen-bond acceptors (Lipinski definition) is 4. The molecule has 5 nitrogen and oxygen atoms in total. The third-order valence-corrected chi connectivity index (χ3v) is 2.95. The highest BCUT2D eigenvalue weighted by molar-refractivity contribution is 8.06. The summed E-state index contributed by atoms with van der Waals surface area (Å²) < 4.78 is 22.9. The second-order valence-corrected chi connectivity index (χ2v) is 4.26. The second kappa shape index (κ2) is 4.21. The highest BCUT2D eigenvalue weighted by Crippen LogP contribution is 2.10. The number of amides is 1. The van der Waals surface area contributed by atoms with Crippen LogP contribution in [0.15, 0.2) is 35.2 Å². The van der Waals surface area contributed by atoms with Gasteiger partial charge in [-0.15, -0.1) is 0 Å². The zero-order valence-corrected chi connectivity index (χ0v) is 8.24. The van der Waals surface area contributed by atoms with Crippen LogP contribution in [0.4, 0.5) is 4.79 Å². The molecule has 1 aromatic rings. The summed E-state index contributed by atoms with van der Waals surface area (Å²) in [6, 6.07) is 7.41. The summed E-state index contributed by atoms with van der Waals surface area (Å²) in [5.41, 5.74) is 1.76. The lowest BCUT2D eigenvalue weighted by Crippen LogP contribution is -2.28. The smallest absolute Gasteiger partial charge is 0.276 e. The van der Waals surface area contributed by atoms with Gasteiger partial charge in [0.15, 0.2) is 0 Å². The number of hydroxylamine groups is 1. The molecule has 1 N–H and O–H groups in total. The Hall–Kier alpha value is -1.40. The van der Waals surface area contributed by atoms with E-state index in [1.54, 1.807) is 11.5 Å². The molecule has 0 fully saturated rings. The number of carbonyl (C=O) groups is 1. The van der Waals surface area contributed by atoms with Gasteiger partial charge < -0.3 is 0 Å². The summed E-state index contributed by atoms with van der Waals surface area (Å²) in [4.78, 5) is 15.2. The van der Waals surface area contributed by atoms with Crippen molar-refractivity contribution >= 4 is 15.1 Å². The number of benzene rings is 1. The van der Waals surface area contributed by atoms with Crippen LogP contribution in [-0.2, 0) is 14.7 Å². The Labute approximate surface area is 81.6 Å². The van der Waals surface area contributed by atoms with Crippen molar-refractivity contribution in [1.82, 2.24) is 5.48 Å². The van der Waals surface area contributed by atoms with E-state index in [4.69, 9.17) is 0 Å². The minimum Gasteiger partial charge on any atom is -0.276 e. The third-order valence-electron chi connectivity index (χ3n) is 1.48. The SMILES string of the molecule is CONC(=O)S(=O)(=O)c1ccccc1. The van der Waals surface area contributed by atoms with Gasteiger partial charge in [-0.25, -0.2) is 13.9 Å². The van der Waals surface area contributed by atoms with Gasteiger partial charge in [-0.3, -0.25) is 9.63 Å². The zero-order chi connectivity index (χ0) is 10.6. The van der Waals surface area contributed by atoms with E-state index in [1.165, 1.54) is 31.4 Å². The summed E-state index contributed by atoms with van der Waals surface area (Å²) in [6.45, 7) is 0. The number of nitrogens with one attached hydrogen (secondary N) is 1. The van der Waals surface area contributed by atoms with E-state index in [9.17, 15) is 13.2 Å². The lowest BCUT2D eigenvalue weighted by atomic mass is 10.4. The Bertz CT molecular complexity index is 412. The predicted octanol–water partition coefficient (Wildman–Crippen LogP) is 0.731. The van der Waals surface area contributed by atoms with E-state index in [1.807, 2.05) is 0 Å². The van der Waals surface area contributed by atoms with Crippen LogP contribution in [-0.4, -0.2) is 20.8 Å². The van der Waals surface area contributed by atoms with Gasteiger partial charge in [0.2, 0.25) is 0 Å². The molecule has 1 aromatic carbocycles. The number of sulfone groups is 1. The Balaban J connectivity index is 3.04. The van der Waals surface area contributed by atoms with Crippen LogP contribution in [0.1, 0.15) is 0 Å². The Kier molecular flexibility index (Phi) is 3.21. The van der Waals surface area contributed by atoms with Gasteiger partial charge in [-0.1, -0.05) is 18.2 Å². The molecule has 0 aliphatic carbocycles. The molecule has 6 heteroatoms. The largest absolute Gasteiger partial charge is 0.364 e. The van der Waals surface area contributed by atoms with Crippen LogP contribution in [0.5, 0.6) is 0 Å². The molecular formula is C8H9NO4S. The minimum absolute atomic E-state index is 0.0606. The molecule has 0 atom stereocenters. The molecule has 0 saturated heterocycles. The first kappa shape index (κ1) is 10.7. The average Bonchev–Trinajstić information content (AvgIpc) is 2.19. The van der Waals surface area contributed by atoms with Crippen LogP contribution < -0.4 is 5.48 Å². The highest BCUT2D eigenvalue weighted by atomic mass is 32.2. The maximum atomic E-state index is 11.4. The van der Waals surface area contributed by atoms with Crippen molar-refractivity contribution in [3.8, 4) is 0 Å². The molecule has 0 aromatic heterocycles. The van der Waals surface area contributed by atoms with Crippen LogP contribution in [0.2, 0.25) is 0 Å². The van der Waals surface area contributed by atoms with E-state index in [2.05, 4.69) is 4.84 Å². The standard InChI is InChI=1S/C8H9NO4S/c1-13-9-8(10)14(11,12)7-5-3-2-4-6-7/h2-6H,1H3,(H,9,10). The molecule has 0 spiro atoms. The maximum Gasteiger partial charge on any atom is 0.364 e. The first-order valence-electron chi connectivity index (χ1n) is 3.72. The van der Waals surface area contributed by atoms with Crippen molar-refractivity contribution in [1.29, 1.82) is 0 Å². The number of carbonyl (C=O) groups excluding carboxylic acids is 1. The Morgan fingerprint density at radius 3 is 2.36 bits per heavy atom. The van der Waals surface area contributed by atoms with Crippen molar-refractivity contribution < 1.29 is 18.0 Å². The minimum atomic E-state index is -3.98. The summed E-state index contributed by atoms with van der Waals surface area (Å²) in [5, 5.41) is -1.17. The fourth-order valence-corrected chi connectivity index (χ4v) is 1.77. The molecule has 76 valence electrons. The zero-order valence-electron chi connectivity index (χ0n) is 7.43. The molecule has 0 heterocycles. The van der Waals surface area contributed by atoms with Gasteiger partial charge in [0.05, 0.1) is 12.0 Å². The molecular weight excluding hydrogens is 206 g/mol. The van der Waals surface area contributed by atoms with Crippen LogP contribution >= 0.6 is 0 Å². The monoisotopic (exact) mass is 215 g/mol. The molecule has 0 aliphatic heterocycles. The van der Waals surface area contributed by atoms with Gasteiger partial charge >= 0.3 is 5.24 Å². The lowest BCUT2D eigenvalue weighted by Gasteiger charge is -2.02. The van der Waals surface area contributed by atoms with Crippen molar-refractivity contribution in [3.63, 3.8) is 0 Å². The molecule has 0 radical (unpaired) electrons. The molecule has 14 heavy (non-hydrogen) atoms. The maximum absolute atomic E-state index is 11.4. The van der Waals surface area contributed by atoms with E-state index < -0.39 is 15.1 Å². The quantitative estimate of drug-likeness (QED) is 0.738. The topological polar surface area (TPSA) is 72.5 Å². The van der Waals surface area contributed by atoms with Crippen molar-refractivity contribution in [2.24, 2.45) is 0 Å². The van der Waals surface area contributed by atoms with Crippen molar-refractivity contribution in [3.05, 3.63) is 30.3 Å². The summed E-state index contributed by atoms with van der Waals surface area (Å²) in [7, 11) is -2.81. The van der Waals surface area contributed by atoms with Crippen LogP contribution in [0, 0.1) is 0 Å². The first-order chi connectivity index (χ1) is 6.59. The van der Waals surface area contributed by atoms with E-state index >= 15 is 0 Å². The average molecular weight is 215 g/mol.